The van der Waals surface area contributed by atoms with E-state index >= 15 is 0 Å². The van der Waals surface area contributed by atoms with Gasteiger partial charge in [0.2, 0.25) is 0 Å². The largest absolute Gasteiger partial charge is 0.465 e. The van der Waals surface area contributed by atoms with Crippen molar-refractivity contribution < 1.29 is 9.53 Å². The van der Waals surface area contributed by atoms with Gasteiger partial charge in [0, 0.05) is 23.6 Å². The molecular weight excluding hydrogens is 190 g/mol. The average Bonchev–Trinajstić information content (AvgIpc) is 2.52. The van der Waals surface area contributed by atoms with Crippen LogP contribution in [0.2, 0.25) is 0 Å². The van der Waals surface area contributed by atoms with Crippen LogP contribution in [0.3, 0.4) is 0 Å². The molecule has 0 spiro atoms. The minimum absolute atomic E-state index is 0.274. The third-order valence-electron chi connectivity index (χ3n) is 2.79. The second-order valence-corrected chi connectivity index (χ2v) is 3.53. The third kappa shape index (κ3) is 1.31. The number of nitrogens with zero attached hydrogens (tertiary/aromatic N) is 1. The number of aromatic nitrogens is 1. The molecule has 0 radical (unpaired) electrons. The minimum atomic E-state index is -0.274. The predicted octanol–water partition coefficient (Wildman–Crippen LogP) is 2.27. The van der Waals surface area contributed by atoms with Gasteiger partial charge in [0.05, 0.1) is 12.7 Å². The van der Waals surface area contributed by atoms with Crippen molar-refractivity contribution in [3.8, 4) is 0 Å². The lowest BCUT2D eigenvalue weighted by Crippen LogP contribution is -2.03. The monoisotopic (exact) mass is 203 g/mol. The van der Waals surface area contributed by atoms with Crippen molar-refractivity contribution in [2.24, 2.45) is 7.05 Å². The Morgan fingerprint density at radius 3 is 2.67 bits per heavy atom. The molecule has 0 saturated carbocycles. The van der Waals surface area contributed by atoms with Crippen LogP contribution >= 0.6 is 0 Å². The highest BCUT2D eigenvalue weighted by atomic mass is 16.5. The zero-order valence-corrected chi connectivity index (χ0v) is 9.07. The van der Waals surface area contributed by atoms with Gasteiger partial charge in [-0.25, -0.2) is 4.79 Å². The summed E-state index contributed by atoms with van der Waals surface area (Å²) < 4.78 is 6.79. The Balaban J connectivity index is 2.83. The van der Waals surface area contributed by atoms with Gasteiger partial charge >= 0.3 is 5.97 Å². The summed E-state index contributed by atoms with van der Waals surface area (Å²) in [5, 5.41) is 0.948. The van der Waals surface area contributed by atoms with Crippen LogP contribution in [0.1, 0.15) is 16.1 Å². The fourth-order valence-corrected chi connectivity index (χ4v) is 1.88. The van der Waals surface area contributed by atoms with Gasteiger partial charge in [-0.1, -0.05) is 18.2 Å². The van der Waals surface area contributed by atoms with Crippen molar-refractivity contribution in [2.45, 2.75) is 6.92 Å². The van der Waals surface area contributed by atoms with Gasteiger partial charge < -0.3 is 9.30 Å². The Morgan fingerprint density at radius 1 is 1.33 bits per heavy atom. The number of aryl methyl sites for hydroxylation is 1. The van der Waals surface area contributed by atoms with E-state index in [2.05, 4.69) is 0 Å². The van der Waals surface area contributed by atoms with E-state index < -0.39 is 0 Å². The standard InChI is InChI=1S/C12H13NO2/c1-8-11(12(14)15-3)9-6-4-5-7-10(9)13(8)2/h4-7H,1-3H3. The molecule has 1 aromatic heterocycles. The van der Waals surface area contributed by atoms with Gasteiger partial charge in [-0.3, -0.25) is 0 Å². The van der Waals surface area contributed by atoms with Crippen LogP contribution in [-0.4, -0.2) is 17.6 Å². The van der Waals surface area contributed by atoms with Crippen molar-refractivity contribution in [1.82, 2.24) is 4.57 Å². The number of benzene rings is 1. The molecule has 0 bridgehead atoms. The summed E-state index contributed by atoms with van der Waals surface area (Å²) in [5.41, 5.74) is 2.65. The van der Waals surface area contributed by atoms with Gasteiger partial charge in [0.1, 0.15) is 0 Å². The smallest absolute Gasteiger partial charge is 0.340 e. The number of hydrogen-bond acceptors (Lipinski definition) is 2. The Kier molecular flexibility index (Phi) is 2.23. The first kappa shape index (κ1) is 9.77. The SMILES string of the molecule is COC(=O)c1c(C)n(C)c2ccccc12. The summed E-state index contributed by atoms with van der Waals surface area (Å²) in [5.74, 6) is -0.274. The maximum absolute atomic E-state index is 11.6. The molecule has 3 nitrogen and oxygen atoms in total. The van der Waals surface area contributed by atoms with E-state index in [4.69, 9.17) is 4.74 Å². The van der Waals surface area contributed by atoms with Crippen molar-refractivity contribution in [1.29, 1.82) is 0 Å². The van der Waals surface area contributed by atoms with Crippen LogP contribution < -0.4 is 0 Å². The first-order valence-electron chi connectivity index (χ1n) is 4.79. The zero-order valence-electron chi connectivity index (χ0n) is 9.07. The normalized spacial score (nSPS) is 10.6. The highest BCUT2D eigenvalue weighted by molar-refractivity contribution is 6.05. The maximum atomic E-state index is 11.6. The quantitative estimate of drug-likeness (QED) is 0.666. The van der Waals surface area contributed by atoms with Crippen molar-refractivity contribution >= 4 is 16.9 Å². The van der Waals surface area contributed by atoms with Gasteiger partial charge in [0.25, 0.3) is 0 Å². The molecule has 0 aliphatic carbocycles. The first-order valence-corrected chi connectivity index (χ1v) is 4.79. The molecule has 1 heterocycles. The Hall–Kier alpha value is -1.77. The lowest BCUT2D eigenvalue weighted by atomic mass is 10.1. The fraction of sp³-hybridized carbons (Fsp3) is 0.250. The van der Waals surface area contributed by atoms with Crippen LogP contribution in [0.5, 0.6) is 0 Å². The average molecular weight is 203 g/mol. The molecule has 0 unspecified atom stereocenters. The second-order valence-electron chi connectivity index (χ2n) is 3.53. The van der Waals surface area contributed by atoms with Gasteiger partial charge in [0.15, 0.2) is 0 Å². The van der Waals surface area contributed by atoms with Crippen LogP contribution in [0, 0.1) is 6.92 Å². The number of carbonyl (C=O) groups is 1. The van der Waals surface area contributed by atoms with Gasteiger partial charge in [-0.05, 0) is 13.0 Å². The molecule has 1 aromatic carbocycles. The molecule has 15 heavy (non-hydrogen) atoms. The lowest BCUT2D eigenvalue weighted by Gasteiger charge is -1.99. The fourth-order valence-electron chi connectivity index (χ4n) is 1.88. The van der Waals surface area contributed by atoms with Crippen molar-refractivity contribution in [2.75, 3.05) is 7.11 Å². The summed E-state index contributed by atoms with van der Waals surface area (Å²) in [7, 11) is 3.35. The molecule has 2 rings (SSSR count). The number of hydrogen-bond donors (Lipinski definition) is 0. The molecule has 0 atom stereocenters. The molecule has 0 N–H and O–H groups in total. The van der Waals surface area contributed by atoms with Crippen molar-refractivity contribution in [3.05, 3.63) is 35.5 Å². The van der Waals surface area contributed by atoms with Crippen LogP contribution in [0.15, 0.2) is 24.3 Å². The summed E-state index contributed by atoms with van der Waals surface area (Å²) in [4.78, 5) is 11.6. The van der Waals surface area contributed by atoms with Gasteiger partial charge in [-0.15, -0.1) is 0 Å². The molecule has 0 amide bonds. The second kappa shape index (κ2) is 3.42. The summed E-state index contributed by atoms with van der Waals surface area (Å²) in [6.45, 7) is 1.92. The number of methoxy groups -OCH3 is 1. The molecule has 2 aromatic rings. The molecule has 3 heteroatoms. The summed E-state index contributed by atoms with van der Waals surface area (Å²) >= 11 is 0. The van der Waals surface area contributed by atoms with Gasteiger partial charge in [-0.2, -0.15) is 0 Å². The van der Waals surface area contributed by atoms with E-state index in [-0.39, 0.29) is 5.97 Å². The number of carbonyl (C=O) groups excluding carboxylic acids is 1. The summed E-state index contributed by atoms with van der Waals surface area (Å²) in [6, 6.07) is 7.82. The van der Waals surface area contributed by atoms with E-state index in [9.17, 15) is 4.79 Å². The van der Waals surface area contributed by atoms with E-state index in [1.807, 2.05) is 42.8 Å². The number of para-hydroxylation sites is 1. The van der Waals surface area contributed by atoms with Crippen LogP contribution in [0.4, 0.5) is 0 Å². The molecule has 78 valence electrons. The third-order valence-corrected chi connectivity index (χ3v) is 2.79. The zero-order chi connectivity index (χ0) is 11.0. The van der Waals surface area contributed by atoms with E-state index in [1.54, 1.807) is 0 Å². The molecule has 0 aliphatic rings. The highest BCUT2D eigenvalue weighted by Gasteiger charge is 2.17. The molecule has 0 aliphatic heterocycles. The molecular formula is C12H13NO2. The highest BCUT2D eigenvalue weighted by Crippen LogP contribution is 2.24. The number of esters is 1. The Bertz CT molecular complexity index is 526. The van der Waals surface area contributed by atoms with Crippen LogP contribution in [0.25, 0.3) is 10.9 Å². The first-order chi connectivity index (χ1) is 7.16. The topological polar surface area (TPSA) is 31.2 Å². The lowest BCUT2D eigenvalue weighted by molar-refractivity contribution is 0.0602. The van der Waals surface area contributed by atoms with Crippen molar-refractivity contribution in [3.63, 3.8) is 0 Å². The van der Waals surface area contributed by atoms with E-state index in [0.29, 0.717) is 5.56 Å². The van der Waals surface area contributed by atoms with E-state index in [0.717, 1.165) is 16.6 Å². The minimum Gasteiger partial charge on any atom is -0.465 e. The van der Waals surface area contributed by atoms with E-state index in [1.165, 1.54) is 7.11 Å². The van der Waals surface area contributed by atoms with Crippen LogP contribution in [-0.2, 0) is 11.8 Å². The Labute approximate surface area is 88.3 Å². The maximum Gasteiger partial charge on any atom is 0.340 e. The Morgan fingerprint density at radius 2 is 2.00 bits per heavy atom. The number of ether oxygens (including phenoxy) is 1. The predicted molar refractivity (Wildman–Crippen MR) is 59.0 cm³/mol. The molecule has 0 saturated heterocycles. The number of rotatable bonds is 1. The number of fused-ring (bicyclic) bond motifs is 1. The summed E-state index contributed by atoms with van der Waals surface area (Å²) in [6.07, 6.45) is 0. The molecule has 0 fully saturated rings.